The van der Waals surface area contributed by atoms with E-state index >= 15 is 0 Å². The molecule has 0 radical (unpaired) electrons. The summed E-state index contributed by atoms with van der Waals surface area (Å²) in [7, 11) is 4.81. The predicted octanol–water partition coefficient (Wildman–Crippen LogP) is 3.72. The van der Waals surface area contributed by atoms with E-state index in [0.717, 1.165) is 18.4 Å². The van der Waals surface area contributed by atoms with Gasteiger partial charge < -0.3 is 19.3 Å². The number of methoxy groups -OCH3 is 3. The third kappa shape index (κ3) is 3.62. The Bertz CT molecular complexity index is 450. The van der Waals surface area contributed by atoms with Crippen molar-refractivity contribution in [3.8, 4) is 17.2 Å². The van der Waals surface area contributed by atoms with Gasteiger partial charge in [0.05, 0.1) is 27.4 Å². The second-order valence-electron chi connectivity index (χ2n) is 5.65. The highest BCUT2D eigenvalue weighted by Crippen LogP contribution is 2.42. The number of hydrogen-bond donors (Lipinski definition) is 1. The Morgan fingerprint density at radius 2 is 1.38 bits per heavy atom. The molecular weight excluding hydrogens is 268 g/mol. The molecule has 0 bridgehead atoms. The minimum absolute atomic E-state index is 0.291. The molecule has 0 spiro atoms. The van der Waals surface area contributed by atoms with E-state index in [4.69, 9.17) is 14.2 Å². The molecule has 2 rings (SSSR count). The van der Waals surface area contributed by atoms with Crippen LogP contribution in [-0.4, -0.2) is 26.4 Å². The fourth-order valence-electron chi connectivity index (χ4n) is 3.16. The summed E-state index contributed by atoms with van der Waals surface area (Å²) in [5.74, 6) is 2.19. The summed E-state index contributed by atoms with van der Waals surface area (Å²) in [6.07, 6.45) is 6.54. The van der Waals surface area contributed by atoms with E-state index in [1.54, 1.807) is 27.4 Å². The first kappa shape index (κ1) is 16.0. The normalized spacial score (nSPS) is 17.9. The molecule has 1 aromatic carbocycles. The van der Waals surface area contributed by atoms with Gasteiger partial charge in [0, 0.05) is 11.6 Å². The molecule has 118 valence electrons. The highest BCUT2D eigenvalue weighted by molar-refractivity contribution is 5.51. The molecular formula is C17H26O4. The van der Waals surface area contributed by atoms with Crippen LogP contribution in [0.5, 0.6) is 17.2 Å². The lowest BCUT2D eigenvalue weighted by Gasteiger charge is -2.24. The molecule has 1 aliphatic carbocycles. The van der Waals surface area contributed by atoms with Crippen molar-refractivity contribution in [1.82, 2.24) is 0 Å². The molecule has 4 heteroatoms. The highest BCUT2D eigenvalue weighted by atomic mass is 16.5. The van der Waals surface area contributed by atoms with Crippen molar-refractivity contribution < 1.29 is 19.3 Å². The molecule has 1 atom stereocenters. The summed E-state index contributed by atoms with van der Waals surface area (Å²) in [4.78, 5) is 0. The average molecular weight is 294 g/mol. The quantitative estimate of drug-likeness (QED) is 0.841. The molecule has 4 nitrogen and oxygen atoms in total. The van der Waals surface area contributed by atoms with E-state index in [1.807, 2.05) is 6.07 Å². The van der Waals surface area contributed by atoms with Gasteiger partial charge in [-0.1, -0.05) is 25.7 Å². The van der Waals surface area contributed by atoms with Crippen LogP contribution in [0.4, 0.5) is 0 Å². The second-order valence-corrected chi connectivity index (χ2v) is 5.65. The minimum Gasteiger partial charge on any atom is -0.496 e. The zero-order valence-corrected chi connectivity index (χ0v) is 13.2. The molecule has 1 aromatic rings. The van der Waals surface area contributed by atoms with Crippen molar-refractivity contribution >= 4 is 0 Å². The number of aliphatic hydroxyl groups excluding tert-OH is 1. The van der Waals surface area contributed by atoms with Gasteiger partial charge in [0.1, 0.15) is 5.75 Å². The summed E-state index contributed by atoms with van der Waals surface area (Å²) in [5, 5.41) is 10.8. The van der Waals surface area contributed by atoms with E-state index < -0.39 is 6.10 Å². The van der Waals surface area contributed by atoms with Gasteiger partial charge in [0.2, 0.25) is 0 Å². The maximum Gasteiger partial charge on any atom is 0.164 e. The smallest absolute Gasteiger partial charge is 0.164 e. The van der Waals surface area contributed by atoms with Crippen molar-refractivity contribution in [2.45, 2.75) is 44.6 Å². The lowest BCUT2D eigenvalue weighted by molar-refractivity contribution is 0.0957. The Balaban J connectivity index is 2.31. The summed E-state index contributed by atoms with van der Waals surface area (Å²) in [6.45, 7) is 0. The molecule has 0 amide bonds. The summed E-state index contributed by atoms with van der Waals surface area (Å²) >= 11 is 0. The maximum absolute atomic E-state index is 10.8. The second kappa shape index (κ2) is 7.55. The van der Waals surface area contributed by atoms with Gasteiger partial charge in [-0.2, -0.15) is 0 Å². The lowest BCUT2D eigenvalue weighted by Crippen LogP contribution is -2.13. The van der Waals surface area contributed by atoms with Crippen LogP contribution in [-0.2, 0) is 0 Å². The van der Waals surface area contributed by atoms with E-state index in [-0.39, 0.29) is 0 Å². The van der Waals surface area contributed by atoms with Crippen LogP contribution in [0.25, 0.3) is 0 Å². The number of ether oxygens (including phenoxy) is 3. The zero-order valence-electron chi connectivity index (χ0n) is 13.2. The highest BCUT2D eigenvalue weighted by Gasteiger charge is 2.26. The topological polar surface area (TPSA) is 47.9 Å². The minimum atomic E-state index is -0.516. The third-order valence-electron chi connectivity index (χ3n) is 4.40. The predicted molar refractivity (Wildman–Crippen MR) is 82.2 cm³/mol. The molecule has 1 fully saturated rings. The number of aliphatic hydroxyl groups is 1. The monoisotopic (exact) mass is 294 g/mol. The van der Waals surface area contributed by atoms with Gasteiger partial charge in [-0.25, -0.2) is 0 Å². The first-order chi connectivity index (χ1) is 10.2. The summed E-state index contributed by atoms with van der Waals surface area (Å²) < 4.78 is 16.1. The fraction of sp³-hybridized carbons (Fsp3) is 0.647. The van der Waals surface area contributed by atoms with E-state index in [1.165, 1.54) is 25.7 Å². The molecule has 1 aliphatic rings. The molecule has 0 heterocycles. The molecule has 0 aromatic heterocycles. The lowest BCUT2D eigenvalue weighted by atomic mass is 9.89. The van der Waals surface area contributed by atoms with Gasteiger partial charge in [-0.3, -0.25) is 0 Å². The third-order valence-corrected chi connectivity index (χ3v) is 4.40. The molecule has 21 heavy (non-hydrogen) atoms. The van der Waals surface area contributed by atoms with Gasteiger partial charge >= 0.3 is 0 Å². The Labute approximate surface area is 127 Å². The van der Waals surface area contributed by atoms with Crippen molar-refractivity contribution in [3.05, 3.63) is 17.7 Å². The Kier molecular flexibility index (Phi) is 5.74. The SMILES string of the molecule is COc1cc(OC)c(C(O)C2CCCCCC2)cc1OC. The van der Waals surface area contributed by atoms with Crippen LogP contribution in [0.1, 0.15) is 50.2 Å². The zero-order chi connectivity index (χ0) is 15.2. The van der Waals surface area contributed by atoms with Crippen LogP contribution in [0.2, 0.25) is 0 Å². The van der Waals surface area contributed by atoms with Crippen molar-refractivity contribution in [1.29, 1.82) is 0 Å². The molecule has 1 unspecified atom stereocenters. The van der Waals surface area contributed by atoms with Crippen LogP contribution < -0.4 is 14.2 Å². The molecule has 1 N–H and O–H groups in total. The van der Waals surface area contributed by atoms with Crippen molar-refractivity contribution in [2.75, 3.05) is 21.3 Å². The van der Waals surface area contributed by atoms with Gasteiger partial charge in [0.25, 0.3) is 0 Å². The van der Waals surface area contributed by atoms with E-state index in [9.17, 15) is 5.11 Å². The van der Waals surface area contributed by atoms with Crippen LogP contribution in [0.3, 0.4) is 0 Å². The standard InChI is InChI=1S/C17H26O4/c1-19-14-11-16(21-3)15(20-2)10-13(14)17(18)12-8-6-4-5-7-9-12/h10-12,17-18H,4-9H2,1-3H3. The Morgan fingerprint density at radius 1 is 0.857 bits per heavy atom. The van der Waals surface area contributed by atoms with Gasteiger partial charge in [0.15, 0.2) is 11.5 Å². The first-order valence-corrected chi connectivity index (χ1v) is 7.69. The average Bonchev–Trinajstić information content (AvgIpc) is 2.82. The molecule has 0 aliphatic heterocycles. The van der Waals surface area contributed by atoms with Crippen LogP contribution in [0, 0.1) is 5.92 Å². The number of hydrogen-bond acceptors (Lipinski definition) is 4. The Morgan fingerprint density at radius 3 is 1.90 bits per heavy atom. The van der Waals surface area contributed by atoms with Crippen molar-refractivity contribution in [2.24, 2.45) is 5.92 Å². The number of rotatable bonds is 5. The molecule has 0 saturated heterocycles. The van der Waals surface area contributed by atoms with Crippen molar-refractivity contribution in [3.63, 3.8) is 0 Å². The Hall–Kier alpha value is -1.42. The van der Waals surface area contributed by atoms with Crippen LogP contribution in [0.15, 0.2) is 12.1 Å². The summed E-state index contributed by atoms with van der Waals surface area (Å²) in [5.41, 5.74) is 0.794. The summed E-state index contributed by atoms with van der Waals surface area (Å²) in [6, 6.07) is 3.63. The van der Waals surface area contributed by atoms with Gasteiger partial charge in [-0.05, 0) is 24.8 Å². The maximum atomic E-state index is 10.8. The molecule has 1 saturated carbocycles. The first-order valence-electron chi connectivity index (χ1n) is 7.69. The van der Waals surface area contributed by atoms with Crippen LogP contribution >= 0.6 is 0 Å². The van der Waals surface area contributed by atoms with Gasteiger partial charge in [-0.15, -0.1) is 0 Å². The fourth-order valence-corrected chi connectivity index (χ4v) is 3.16. The number of benzene rings is 1. The largest absolute Gasteiger partial charge is 0.496 e. The van der Waals surface area contributed by atoms with E-state index in [2.05, 4.69) is 0 Å². The van der Waals surface area contributed by atoms with E-state index in [0.29, 0.717) is 23.2 Å².